The summed E-state index contributed by atoms with van der Waals surface area (Å²) in [6.07, 6.45) is 4.06. The van der Waals surface area contributed by atoms with Gasteiger partial charge in [0.2, 0.25) is 0 Å². The van der Waals surface area contributed by atoms with Crippen LogP contribution in [0.4, 0.5) is 0 Å². The zero-order chi connectivity index (χ0) is 17.9. The Morgan fingerprint density at radius 2 is 1.73 bits per heavy atom. The highest BCUT2D eigenvalue weighted by Gasteiger charge is 2.26. The quantitative estimate of drug-likeness (QED) is 0.834. The van der Waals surface area contributed by atoms with E-state index in [9.17, 15) is 9.59 Å². The zero-order valence-corrected chi connectivity index (χ0v) is 14.7. The fourth-order valence-electron chi connectivity index (χ4n) is 3.49. The second-order valence-corrected chi connectivity index (χ2v) is 7.18. The Morgan fingerprint density at radius 3 is 2.38 bits per heavy atom. The van der Waals surface area contributed by atoms with Crippen molar-refractivity contribution in [2.75, 3.05) is 13.2 Å². The smallest absolute Gasteiger partial charge is 0.251 e. The van der Waals surface area contributed by atoms with Gasteiger partial charge in [-0.15, -0.1) is 0 Å². The topological polar surface area (TPSA) is 55.4 Å². The molecule has 2 aromatic carbocycles. The Morgan fingerprint density at radius 1 is 0.923 bits per heavy atom. The number of carbonyl (C=O) groups excluding carboxylic acids is 2. The van der Waals surface area contributed by atoms with Crippen LogP contribution in [0.2, 0.25) is 0 Å². The fraction of sp³-hybridized carbons (Fsp3) is 0.364. The molecule has 2 fully saturated rings. The molecule has 2 aromatic rings. The van der Waals surface area contributed by atoms with Crippen LogP contribution in [0.25, 0.3) is 11.1 Å². The molecule has 1 N–H and O–H groups in total. The van der Waals surface area contributed by atoms with Gasteiger partial charge in [-0.05, 0) is 42.5 Å². The molecule has 1 saturated heterocycles. The number of hydrogen-bond acceptors (Lipinski definition) is 3. The van der Waals surface area contributed by atoms with Crippen LogP contribution in [0.1, 0.15) is 46.4 Å². The van der Waals surface area contributed by atoms with E-state index in [4.69, 9.17) is 4.74 Å². The summed E-state index contributed by atoms with van der Waals surface area (Å²) in [5, 5.41) is 3.01. The lowest BCUT2D eigenvalue weighted by molar-refractivity contribution is 0.0854. The van der Waals surface area contributed by atoms with Crippen LogP contribution in [0.15, 0.2) is 48.5 Å². The summed E-state index contributed by atoms with van der Waals surface area (Å²) in [5.74, 6) is 0.404. The van der Waals surface area contributed by atoms with Crippen molar-refractivity contribution in [3.05, 3.63) is 59.7 Å². The van der Waals surface area contributed by atoms with Crippen molar-refractivity contribution < 1.29 is 14.3 Å². The predicted octanol–water partition coefficient (Wildman–Crippen LogP) is 3.86. The molecule has 4 heteroatoms. The van der Waals surface area contributed by atoms with Gasteiger partial charge in [0.1, 0.15) is 0 Å². The van der Waals surface area contributed by atoms with Crippen LogP contribution >= 0.6 is 0 Å². The minimum Gasteiger partial charge on any atom is -0.379 e. The van der Waals surface area contributed by atoms with Gasteiger partial charge in [-0.1, -0.05) is 42.8 Å². The first kappa shape index (κ1) is 17.0. The molecule has 4 rings (SSSR count). The Kier molecular flexibility index (Phi) is 4.85. The number of nitrogens with one attached hydrogen (secondary N) is 1. The summed E-state index contributed by atoms with van der Waals surface area (Å²) in [5.41, 5.74) is 3.41. The number of ether oxygens (including phenoxy) is 1. The molecule has 1 atom stereocenters. The third-order valence-corrected chi connectivity index (χ3v) is 5.37. The van der Waals surface area contributed by atoms with Crippen LogP contribution in [-0.2, 0) is 4.74 Å². The molecular weight excluding hydrogens is 326 g/mol. The van der Waals surface area contributed by atoms with Crippen molar-refractivity contribution in [3.8, 4) is 11.1 Å². The maximum absolute atomic E-state index is 12.4. The Balaban J connectivity index is 1.48. The van der Waals surface area contributed by atoms with Gasteiger partial charge in [-0.25, -0.2) is 0 Å². The maximum Gasteiger partial charge on any atom is 0.251 e. The molecule has 1 saturated carbocycles. The molecule has 0 bridgehead atoms. The van der Waals surface area contributed by atoms with E-state index in [1.54, 1.807) is 0 Å². The van der Waals surface area contributed by atoms with Gasteiger partial charge < -0.3 is 10.1 Å². The van der Waals surface area contributed by atoms with E-state index in [0.717, 1.165) is 42.4 Å². The van der Waals surface area contributed by atoms with E-state index in [-0.39, 0.29) is 23.7 Å². The molecule has 1 heterocycles. The molecule has 1 amide bonds. The third-order valence-electron chi connectivity index (χ3n) is 5.37. The SMILES string of the molecule is O=C(N[C@@H]1CCOC1)c1cccc(-c2ccc(C(=O)C3CCC3)cc2)c1. The average molecular weight is 349 g/mol. The molecule has 26 heavy (non-hydrogen) atoms. The van der Waals surface area contributed by atoms with Crippen molar-refractivity contribution >= 4 is 11.7 Å². The molecule has 134 valence electrons. The number of amides is 1. The molecular formula is C22H23NO3. The largest absolute Gasteiger partial charge is 0.379 e. The van der Waals surface area contributed by atoms with Crippen molar-refractivity contribution in [3.63, 3.8) is 0 Å². The second kappa shape index (κ2) is 7.42. The predicted molar refractivity (Wildman–Crippen MR) is 100 cm³/mol. The van der Waals surface area contributed by atoms with Crippen LogP contribution in [0, 0.1) is 5.92 Å². The van der Waals surface area contributed by atoms with Gasteiger partial charge in [0.05, 0.1) is 12.6 Å². The third kappa shape index (κ3) is 3.56. The highest BCUT2D eigenvalue weighted by atomic mass is 16.5. The van der Waals surface area contributed by atoms with Gasteiger partial charge in [0.25, 0.3) is 5.91 Å². The van der Waals surface area contributed by atoms with E-state index < -0.39 is 0 Å². The van der Waals surface area contributed by atoms with Crippen LogP contribution in [-0.4, -0.2) is 30.9 Å². The zero-order valence-electron chi connectivity index (χ0n) is 14.7. The summed E-state index contributed by atoms with van der Waals surface area (Å²) in [7, 11) is 0. The van der Waals surface area contributed by atoms with E-state index in [0.29, 0.717) is 18.8 Å². The highest BCUT2D eigenvalue weighted by molar-refractivity contribution is 5.99. The van der Waals surface area contributed by atoms with Crippen molar-refractivity contribution in [1.82, 2.24) is 5.32 Å². The van der Waals surface area contributed by atoms with Crippen molar-refractivity contribution in [2.24, 2.45) is 5.92 Å². The number of hydrogen-bond donors (Lipinski definition) is 1. The van der Waals surface area contributed by atoms with Crippen LogP contribution in [0.3, 0.4) is 0 Å². The Hall–Kier alpha value is -2.46. The van der Waals surface area contributed by atoms with Crippen LogP contribution < -0.4 is 5.32 Å². The first-order valence-electron chi connectivity index (χ1n) is 9.34. The first-order valence-corrected chi connectivity index (χ1v) is 9.34. The van der Waals surface area contributed by atoms with Gasteiger partial charge in [0.15, 0.2) is 5.78 Å². The van der Waals surface area contributed by atoms with E-state index in [2.05, 4.69) is 5.32 Å². The monoisotopic (exact) mass is 349 g/mol. The first-order chi connectivity index (χ1) is 12.7. The molecule has 2 aliphatic rings. The minimum absolute atomic E-state index is 0.0702. The van der Waals surface area contributed by atoms with Gasteiger partial charge in [0, 0.05) is 23.7 Å². The number of benzene rings is 2. The molecule has 0 aromatic heterocycles. The van der Waals surface area contributed by atoms with Gasteiger partial charge in [-0.2, -0.15) is 0 Å². The number of carbonyl (C=O) groups is 2. The van der Waals surface area contributed by atoms with Gasteiger partial charge in [-0.3, -0.25) is 9.59 Å². The number of Topliss-reactive ketones (excluding diaryl/α,β-unsaturated/α-hetero) is 1. The van der Waals surface area contributed by atoms with Crippen molar-refractivity contribution in [1.29, 1.82) is 0 Å². The summed E-state index contributed by atoms with van der Waals surface area (Å²) in [6, 6.07) is 15.4. The maximum atomic E-state index is 12.4. The molecule has 0 unspecified atom stereocenters. The number of ketones is 1. The standard InChI is InChI=1S/C22H23NO3/c24-21(16-3-1-4-16)17-9-7-15(8-10-17)18-5-2-6-19(13-18)22(25)23-20-11-12-26-14-20/h2,5-10,13,16,20H,1,3-4,11-12,14H2,(H,23,25)/t20-/m1/s1. The average Bonchev–Trinajstić information content (AvgIpc) is 3.13. The lowest BCUT2D eigenvalue weighted by Gasteiger charge is -2.23. The van der Waals surface area contributed by atoms with Crippen LogP contribution in [0.5, 0.6) is 0 Å². The summed E-state index contributed by atoms with van der Waals surface area (Å²) >= 11 is 0. The molecule has 0 spiro atoms. The highest BCUT2D eigenvalue weighted by Crippen LogP contribution is 2.30. The lowest BCUT2D eigenvalue weighted by atomic mass is 9.80. The molecule has 4 nitrogen and oxygen atoms in total. The lowest BCUT2D eigenvalue weighted by Crippen LogP contribution is -2.34. The molecule has 1 aliphatic heterocycles. The van der Waals surface area contributed by atoms with Gasteiger partial charge >= 0.3 is 0 Å². The second-order valence-electron chi connectivity index (χ2n) is 7.18. The Labute approximate surface area is 153 Å². The van der Waals surface area contributed by atoms with E-state index in [1.165, 1.54) is 0 Å². The number of rotatable bonds is 5. The molecule has 1 aliphatic carbocycles. The minimum atomic E-state index is -0.0702. The van der Waals surface area contributed by atoms with E-state index in [1.807, 2.05) is 48.5 Å². The van der Waals surface area contributed by atoms with E-state index >= 15 is 0 Å². The summed E-state index contributed by atoms with van der Waals surface area (Å²) in [4.78, 5) is 24.8. The fourth-order valence-corrected chi connectivity index (χ4v) is 3.49. The normalized spacial score (nSPS) is 19.8. The summed E-state index contributed by atoms with van der Waals surface area (Å²) < 4.78 is 5.30. The summed E-state index contributed by atoms with van der Waals surface area (Å²) in [6.45, 7) is 1.29. The molecule has 0 radical (unpaired) electrons. The van der Waals surface area contributed by atoms with Crippen molar-refractivity contribution in [2.45, 2.75) is 31.7 Å². The Bertz CT molecular complexity index is 802.